The molecule has 29 heavy (non-hydrogen) atoms. The first-order valence-corrected chi connectivity index (χ1v) is 9.65. The smallest absolute Gasteiger partial charge is 0.191 e. The van der Waals surface area contributed by atoms with Crippen molar-refractivity contribution in [2.45, 2.75) is 26.1 Å². The summed E-state index contributed by atoms with van der Waals surface area (Å²) >= 11 is 0. The van der Waals surface area contributed by atoms with Gasteiger partial charge in [0.2, 0.25) is 0 Å². The van der Waals surface area contributed by atoms with Crippen LogP contribution in [0.3, 0.4) is 0 Å². The molecule has 7 nitrogen and oxygen atoms in total. The van der Waals surface area contributed by atoms with Crippen molar-refractivity contribution in [2.24, 2.45) is 4.99 Å². The number of rotatable bonds is 8. The molecule has 3 rings (SSSR count). The number of aliphatic imine (C=N–C) groups is 1. The molecule has 0 saturated carbocycles. The molecule has 7 heteroatoms. The van der Waals surface area contributed by atoms with E-state index in [1.165, 1.54) is 22.3 Å². The fraction of sp³-hybridized carbons (Fsp3) is 0.318. The Morgan fingerprint density at radius 3 is 2.66 bits per heavy atom. The van der Waals surface area contributed by atoms with Gasteiger partial charge in [0.15, 0.2) is 5.96 Å². The summed E-state index contributed by atoms with van der Waals surface area (Å²) in [5, 5.41) is 10.9. The van der Waals surface area contributed by atoms with Crippen molar-refractivity contribution >= 4 is 5.96 Å². The lowest BCUT2D eigenvalue weighted by atomic mass is 9.98. The van der Waals surface area contributed by atoms with Crippen LogP contribution >= 0.6 is 0 Å². The SMILES string of the molecule is CN=C(NCc1ccccc1-c1ccc(Cn2cncn2)cc1)NC(C)COC. The minimum atomic E-state index is 0.180. The van der Waals surface area contributed by atoms with Crippen LogP contribution in [0.4, 0.5) is 0 Å². The second-order valence-electron chi connectivity index (χ2n) is 6.87. The van der Waals surface area contributed by atoms with Crippen LogP contribution < -0.4 is 10.6 Å². The molecule has 0 aliphatic heterocycles. The van der Waals surface area contributed by atoms with Gasteiger partial charge in [-0.05, 0) is 29.2 Å². The Morgan fingerprint density at radius 1 is 1.17 bits per heavy atom. The van der Waals surface area contributed by atoms with Crippen molar-refractivity contribution in [1.29, 1.82) is 0 Å². The summed E-state index contributed by atoms with van der Waals surface area (Å²) in [6.45, 7) is 4.07. The summed E-state index contributed by atoms with van der Waals surface area (Å²) in [4.78, 5) is 8.29. The highest BCUT2D eigenvalue weighted by Gasteiger charge is 2.08. The molecular formula is C22H28N6O. The topological polar surface area (TPSA) is 76.4 Å². The summed E-state index contributed by atoms with van der Waals surface area (Å²) in [5.41, 5.74) is 4.78. The Morgan fingerprint density at radius 2 is 1.97 bits per heavy atom. The molecule has 0 radical (unpaired) electrons. The molecule has 2 aromatic carbocycles. The van der Waals surface area contributed by atoms with Crippen molar-refractivity contribution in [2.75, 3.05) is 20.8 Å². The fourth-order valence-electron chi connectivity index (χ4n) is 3.15. The zero-order chi connectivity index (χ0) is 20.5. The third kappa shape index (κ3) is 5.89. The third-order valence-corrected chi connectivity index (χ3v) is 4.56. The maximum absolute atomic E-state index is 5.18. The quantitative estimate of drug-likeness (QED) is 0.455. The number of nitrogens with one attached hydrogen (secondary N) is 2. The van der Waals surface area contributed by atoms with Crippen molar-refractivity contribution in [1.82, 2.24) is 25.4 Å². The van der Waals surface area contributed by atoms with E-state index in [1.807, 2.05) is 4.68 Å². The molecule has 3 aromatic rings. The van der Waals surface area contributed by atoms with Crippen LogP contribution in [-0.2, 0) is 17.8 Å². The molecule has 1 aromatic heterocycles. The highest BCUT2D eigenvalue weighted by Crippen LogP contribution is 2.24. The van der Waals surface area contributed by atoms with E-state index in [2.05, 4.69) is 81.2 Å². The lowest BCUT2D eigenvalue weighted by Gasteiger charge is -2.18. The summed E-state index contributed by atoms with van der Waals surface area (Å²) in [5.74, 6) is 0.757. The number of hydrogen-bond acceptors (Lipinski definition) is 4. The molecule has 2 N–H and O–H groups in total. The van der Waals surface area contributed by atoms with Crippen molar-refractivity contribution in [3.63, 3.8) is 0 Å². The van der Waals surface area contributed by atoms with Crippen molar-refractivity contribution in [3.05, 3.63) is 72.3 Å². The van der Waals surface area contributed by atoms with Gasteiger partial charge < -0.3 is 15.4 Å². The van der Waals surface area contributed by atoms with Gasteiger partial charge in [-0.2, -0.15) is 5.10 Å². The zero-order valence-corrected chi connectivity index (χ0v) is 17.2. The summed E-state index contributed by atoms with van der Waals surface area (Å²) in [6, 6.07) is 17.2. The monoisotopic (exact) mass is 392 g/mol. The Balaban J connectivity index is 1.68. The van der Waals surface area contributed by atoms with Crippen LogP contribution in [-0.4, -0.2) is 47.5 Å². The van der Waals surface area contributed by atoms with Gasteiger partial charge in [0.1, 0.15) is 12.7 Å². The van der Waals surface area contributed by atoms with Gasteiger partial charge in [0.05, 0.1) is 13.2 Å². The first-order valence-electron chi connectivity index (χ1n) is 9.65. The van der Waals surface area contributed by atoms with Crippen molar-refractivity contribution < 1.29 is 4.74 Å². The van der Waals surface area contributed by atoms with E-state index >= 15 is 0 Å². The second-order valence-corrected chi connectivity index (χ2v) is 6.87. The molecule has 0 saturated heterocycles. The Kier molecular flexibility index (Phi) is 7.35. The van der Waals surface area contributed by atoms with Crippen LogP contribution in [0.25, 0.3) is 11.1 Å². The van der Waals surface area contributed by atoms with Gasteiger partial charge in [-0.3, -0.25) is 4.99 Å². The Labute approximate surface area is 171 Å². The van der Waals surface area contributed by atoms with Crippen molar-refractivity contribution in [3.8, 4) is 11.1 Å². The number of methoxy groups -OCH3 is 1. The lowest BCUT2D eigenvalue weighted by molar-refractivity contribution is 0.179. The lowest BCUT2D eigenvalue weighted by Crippen LogP contribution is -2.43. The largest absolute Gasteiger partial charge is 0.383 e. The normalized spacial score (nSPS) is 12.6. The van der Waals surface area contributed by atoms with Crippen LogP contribution in [0.5, 0.6) is 0 Å². The van der Waals surface area contributed by atoms with E-state index in [9.17, 15) is 0 Å². The van der Waals surface area contributed by atoms with Gasteiger partial charge in [-0.1, -0.05) is 48.5 Å². The van der Waals surface area contributed by atoms with Crippen LogP contribution in [0, 0.1) is 0 Å². The number of hydrogen-bond donors (Lipinski definition) is 2. The molecule has 0 fully saturated rings. The average molecular weight is 393 g/mol. The molecule has 0 aliphatic rings. The number of benzene rings is 2. The molecule has 0 bridgehead atoms. The Bertz CT molecular complexity index is 905. The van der Waals surface area contributed by atoms with Crippen LogP contribution in [0.2, 0.25) is 0 Å². The van der Waals surface area contributed by atoms with Gasteiger partial charge in [-0.25, -0.2) is 9.67 Å². The minimum Gasteiger partial charge on any atom is -0.383 e. The van der Waals surface area contributed by atoms with Gasteiger partial charge >= 0.3 is 0 Å². The molecule has 1 unspecified atom stereocenters. The third-order valence-electron chi connectivity index (χ3n) is 4.56. The van der Waals surface area contributed by atoms with E-state index in [1.54, 1.807) is 26.8 Å². The molecule has 1 atom stereocenters. The van der Waals surface area contributed by atoms with E-state index in [0.29, 0.717) is 19.7 Å². The fourth-order valence-corrected chi connectivity index (χ4v) is 3.15. The molecule has 1 heterocycles. The standard InChI is InChI=1S/C22H28N6O/c1-17(14-29-3)27-22(23-2)25-12-20-6-4-5-7-21(20)19-10-8-18(9-11-19)13-28-16-24-15-26-28/h4-11,15-17H,12-14H2,1-3H3,(H2,23,25,27). The van der Waals surface area contributed by atoms with E-state index in [-0.39, 0.29) is 6.04 Å². The first kappa shape index (κ1) is 20.5. The van der Waals surface area contributed by atoms with E-state index in [4.69, 9.17) is 4.74 Å². The maximum Gasteiger partial charge on any atom is 0.191 e. The summed E-state index contributed by atoms with van der Waals surface area (Å²) in [6.07, 6.45) is 3.28. The average Bonchev–Trinajstić information content (AvgIpc) is 3.25. The molecular weight excluding hydrogens is 364 g/mol. The molecule has 152 valence electrons. The highest BCUT2D eigenvalue weighted by atomic mass is 16.5. The second kappa shape index (κ2) is 10.4. The number of guanidine groups is 1. The van der Waals surface area contributed by atoms with Crippen LogP contribution in [0.1, 0.15) is 18.1 Å². The number of nitrogens with zero attached hydrogens (tertiary/aromatic N) is 4. The Hall–Kier alpha value is -3.19. The number of aromatic nitrogens is 3. The van der Waals surface area contributed by atoms with Crippen LogP contribution in [0.15, 0.2) is 66.2 Å². The van der Waals surface area contributed by atoms with Gasteiger partial charge in [-0.15, -0.1) is 0 Å². The van der Waals surface area contributed by atoms with Gasteiger partial charge in [0.25, 0.3) is 0 Å². The molecule has 0 spiro atoms. The van der Waals surface area contributed by atoms with E-state index < -0.39 is 0 Å². The first-order chi connectivity index (χ1) is 14.2. The maximum atomic E-state index is 5.18. The molecule has 0 amide bonds. The zero-order valence-electron chi connectivity index (χ0n) is 17.2. The predicted molar refractivity (Wildman–Crippen MR) is 116 cm³/mol. The van der Waals surface area contributed by atoms with E-state index in [0.717, 1.165) is 5.96 Å². The minimum absolute atomic E-state index is 0.180. The summed E-state index contributed by atoms with van der Waals surface area (Å²) < 4.78 is 6.99. The summed E-state index contributed by atoms with van der Waals surface area (Å²) in [7, 11) is 3.47. The predicted octanol–water partition coefficient (Wildman–Crippen LogP) is 2.69. The van der Waals surface area contributed by atoms with Gasteiger partial charge in [0, 0.05) is 26.7 Å². The molecule has 0 aliphatic carbocycles. The highest BCUT2D eigenvalue weighted by molar-refractivity contribution is 5.80. The number of ether oxygens (including phenoxy) is 1.